The molecule has 0 amide bonds. The first kappa shape index (κ1) is 28.6. The molecule has 4 heteroatoms. The number of hydrogen-bond donors (Lipinski definition) is 0. The molecule has 9 aromatic rings. The van der Waals surface area contributed by atoms with Gasteiger partial charge in [-0.3, -0.25) is 0 Å². The zero-order valence-corrected chi connectivity index (χ0v) is 26.5. The van der Waals surface area contributed by atoms with Gasteiger partial charge >= 0.3 is 0 Å². The van der Waals surface area contributed by atoms with Crippen LogP contribution in [0.3, 0.4) is 0 Å². The summed E-state index contributed by atoms with van der Waals surface area (Å²) in [6, 6.07) is 60.6. The summed E-state index contributed by atoms with van der Waals surface area (Å²) in [5.41, 5.74) is 11.2. The van der Waals surface area contributed by atoms with E-state index in [0.29, 0.717) is 17.5 Å². The van der Waals surface area contributed by atoms with Gasteiger partial charge in [-0.25, -0.2) is 15.0 Å². The van der Waals surface area contributed by atoms with E-state index in [2.05, 4.69) is 103 Å². The maximum atomic E-state index is 6.12. The smallest absolute Gasteiger partial charge is 0.164 e. The summed E-state index contributed by atoms with van der Waals surface area (Å²) in [6.45, 7) is 0. The third-order valence-corrected chi connectivity index (χ3v) is 8.93. The van der Waals surface area contributed by atoms with E-state index in [0.717, 1.165) is 60.9 Å². The number of para-hydroxylation sites is 1. The molecule has 0 spiro atoms. The van der Waals surface area contributed by atoms with E-state index in [4.69, 9.17) is 19.4 Å². The van der Waals surface area contributed by atoms with Crippen molar-refractivity contribution in [3.63, 3.8) is 0 Å². The van der Waals surface area contributed by atoms with Crippen LogP contribution in [-0.2, 0) is 0 Å². The van der Waals surface area contributed by atoms with Gasteiger partial charge in [0.15, 0.2) is 17.5 Å². The Morgan fingerprint density at radius 1 is 0.265 bits per heavy atom. The van der Waals surface area contributed by atoms with Crippen molar-refractivity contribution in [2.75, 3.05) is 0 Å². The lowest BCUT2D eigenvalue weighted by molar-refractivity contribution is 0.669. The zero-order valence-electron chi connectivity index (χ0n) is 26.5. The molecule has 0 unspecified atom stereocenters. The number of furan rings is 1. The van der Waals surface area contributed by atoms with Crippen LogP contribution in [0.25, 0.3) is 89.5 Å². The highest BCUT2D eigenvalue weighted by Gasteiger charge is 2.16. The van der Waals surface area contributed by atoms with E-state index in [1.54, 1.807) is 0 Å². The summed E-state index contributed by atoms with van der Waals surface area (Å²) < 4.78 is 6.12. The van der Waals surface area contributed by atoms with Crippen molar-refractivity contribution < 1.29 is 4.42 Å². The first-order chi connectivity index (χ1) is 24.2. The molecule has 2 aromatic heterocycles. The maximum Gasteiger partial charge on any atom is 0.164 e. The number of fused-ring (bicyclic) bond motifs is 3. The second-order valence-electron chi connectivity index (χ2n) is 12.1. The number of nitrogens with zero attached hydrogens (tertiary/aromatic N) is 3. The van der Waals surface area contributed by atoms with Crippen LogP contribution in [0, 0.1) is 0 Å². The molecule has 0 bridgehead atoms. The van der Waals surface area contributed by atoms with E-state index in [1.165, 1.54) is 11.1 Å². The minimum atomic E-state index is 0.606. The van der Waals surface area contributed by atoms with Crippen molar-refractivity contribution >= 4 is 21.9 Å². The Morgan fingerprint density at radius 3 is 1.31 bits per heavy atom. The fraction of sp³-hybridized carbons (Fsp3) is 0. The summed E-state index contributed by atoms with van der Waals surface area (Å²) in [5.74, 6) is 1.84. The molecule has 0 saturated carbocycles. The molecule has 49 heavy (non-hydrogen) atoms. The monoisotopic (exact) mass is 627 g/mol. The molecule has 4 nitrogen and oxygen atoms in total. The molecule has 2 heterocycles. The maximum absolute atomic E-state index is 6.12. The van der Waals surface area contributed by atoms with Crippen LogP contribution in [0.2, 0.25) is 0 Å². The average molecular weight is 628 g/mol. The molecular weight excluding hydrogens is 599 g/mol. The van der Waals surface area contributed by atoms with Crippen molar-refractivity contribution in [2.45, 2.75) is 0 Å². The highest BCUT2D eigenvalue weighted by Crippen LogP contribution is 2.36. The average Bonchev–Trinajstić information content (AvgIpc) is 3.57. The van der Waals surface area contributed by atoms with E-state index < -0.39 is 0 Å². The van der Waals surface area contributed by atoms with E-state index in [-0.39, 0.29) is 0 Å². The van der Waals surface area contributed by atoms with Gasteiger partial charge in [-0.15, -0.1) is 0 Å². The predicted octanol–water partition coefficient (Wildman–Crippen LogP) is 11.8. The van der Waals surface area contributed by atoms with E-state index >= 15 is 0 Å². The minimum Gasteiger partial charge on any atom is -0.456 e. The highest BCUT2D eigenvalue weighted by molar-refractivity contribution is 6.06. The van der Waals surface area contributed by atoms with Crippen LogP contribution in [0.1, 0.15) is 0 Å². The Kier molecular flexibility index (Phi) is 7.10. The first-order valence-electron chi connectivity index (χ1n) is 16.4. The number of aromatic nitrogens is 3. The van der Waals surface area contributed by atoms with Gasteiger partial charge in [0, 0.05) is 27.5 Å². The van der Waals surface area contributed by atoms with Crippen molar-refractivity contribution in [1.82, 2.24) is 15.0 Å². The van der Waals surface area contributed by atoms with Gasteiger partial charge in [-0.1, -0.05) is 133 Å². The number of rotatable bonds is 6. The largest absolute Gasteiger partial charge is 0.456 e. The summed E-state index contributed by atoms with van der Waals surface area (Å²) in [7, 11) is 0. The summed E-state index contributed by atoms with van der Waals surface area (Å²) >= 11 is 0. The topological polar surface area (TPSA) is 51.8 Å². The van der Waals surface area contributed by atoms with Gasteiger partial charge in [0.2, 0.25) is 0 Å². The second kappa shape index (κ2) is 12.2. The fourth-order valence-corrected chi connectivity index (χ4v) is 6.42. The Balaban J connectivity index is 1.22. The van der Waals surface area contributed by atoms with E-state index in [1.807, 2.05) is 72.8 Å². The van der Waals surface area contributed by atoms with Crippen LogP contribution in [0.5, 0.6) is 0 Å². The number of hydrogen-bond acceptors (Lipinski definition) is 4. The van der Waals surface area contributed by atoms with Crippen LogP contribution in [0.4, 0.5) is 0 Å². The van der Waals surface area contributed by atoms with Crippen LogP contribution >= 0.6 is 0 Å². The van der Waals surface area contributed by atoms with Crippen molar-refractivity contribution in [2.24, 2.45) is 0 Å². The standard InChI is InChI=1S/C45H29N3O/c1-4-12-30(13-5-1)32-20-22-33(23-21-32)37-26-36(31-14-6-2-7-15-31)27-38(28-37)45-47-43(34-16-8-3-9-17-34)46-44(48-45)35-24-25-42-40(29-35)39-18-10-11-19-41(39)49-42/h1-29H. The fourth-order valence-electron chi connectivity index (χ4n) is 6.42. The lowest BCUT2D eigenvalue weighted by Gasteiger charge is -2.13. The van der Waals surface area contributed by atoms with Crippen molar-refractivity contribution in [1.29, 1.82) is 0 Å². The highest BCUT2D eigenvalue weighted by atomic mass is 16.3. The van der Waals surface area contributed by atoms with E-state index in [9.17, 15) is 0 Å². The summed E-state index contributed by atoms with van der Waals surface area (Å²) in [4.78, 5) is 15.2. The molecule has 0 fully saturated rings. The molecule has 0 N–H and O–H groups in total. The quantitative estimate of drug-likeness (QED) is 0.184. The van der Waals surface area contributed by atoms with Gasteiger partial charge in [-0.2, -0.15) is 0 Å². The summed E-state index contributed by atoms with van der Waals surface area (Å²) in [6.07, 6.45) is 0. The predicted molar refractivity (Wildman–Crippen MR) is 200 cm³/mol. The first-order valence-corrected chi connectivity index (χ1v) is 16.4. The summed E-state index contributed by atoms with van der Waals surface area (Å²) in [5, 5.41) is 2.10. The van der Waals surface area contributed by atoms with Gasteiger partial charge in [0.1, 0.15) is 11.2 Å². The van der Waals surface area contributed by atoms with Crippen LogP contribution in [-0.4, -0.2) is 15.0 Å². The Bertz CT molecular complexity index is 2580. The van der Waals surface area contributed by atoms with Crippen LogP contribution < -0.4 is 0 Å². The normalized spacial score (nSPS) is 11.3. The SMILES string of the molecule is c1ccc(-c2ccc(-c3cc(-c4ccccc4)cc(-c4nc(-c5ccccc5)nc(-c5ccc6oc7ccccc7c6c5)n4)c3)cc2)cc1. The molecule has 0 aliphatic rings. The molecule has 9 rings (SSSR count). The third kappa shape index (κ3) is 5.56. The molecule has 0 saturated heterocycles. The van der Waals surface area contributed by atoms with Gasteiger partial charge in [-0.05, 0) is 75.8 Å². The van der Waals surface area contributed by atoms with Gasteiger partial charge in [0.05, 0.1) is 0 Å². The molecule has 0 radical (unpaired) electrons. The van der Waals surface area contributed by atoms with Crippen molar-refractivity contribution in [3.05, 3.63) is 176 Å². The lowest BCUT2D eigenvalue weighted by atomic mass is 9.94. The third-order valence-electron chi connectivity index (χ3n) is 8.93. The van der Waals surface area contributed by atoms with Gasteiger partial charge in [0.25, 0.3) is 0 Å². The number of benzene rings is 7. The molecule has 0 aliphatic carbocycles. The van der Waals surface area contributed by atoms with Crippen LogP contribution in [0.15, 0.2) is 180 Å². The van der Waals surface area contributed by atoms with Crippen molar-refractivity contribution in [3.8, 4) is 67.5 Å². The Hall–Kier alpha value is -6.65. The second-order valence-corrected chi connectivity index (χ2v) is 12.1. The molecule has 0 atom stereocenters. The van der Waals surface area contributed by atoms with Gasteiger partial charge < -0.3 is 4.42 Å². The Morgan fingerprint density at radius 2 is 0.673 bits per heavy atom. The Labute approximate surface area is 284 Å². The molecular formula is C45H29N3O. The lowest BCUT2D eigenvalue weighted by Crippen LogP contribution is -2.00. The minimum absolute atomic E-state index is 0.606. The molecule has 230 valence electrons. The molecule has 7 aromatic carbocycles. The zero-order chi connectivity index (χ0) is 32.6. The molecule has 0 aliphatic heterocycles.